The van der Waals surface area contributed by atoms with Gasteiger partial charge in [-0.05, 0) is 55.7 Å². The van der Waals surface area contributed by atoms with E-state index in [1.807, 2.05) is 51.1 Å². The average molecular weight is 502 g/mol. The van der Waals surface area contributed by atoms with Crippen LogP contribution in [0.5, 0.6) is 0 Å². The quantitative estimate of drug-likeness (QED) is 0.421. The molecule has 0 heterocycles. The van der Waals surface area contributed by atoms with Crippen molar-refractivity contribution in [2.45, 2.75) is 51.6 Å². The fraction of sp³-hybridized carbons (Fsp3) is 0.391. The van der Waals surface area contributed by atoms with Crippen LogP contribution in [0.2, 0.25) is 15.1 Å². The van der Waals surface area contributed by atoms with E-state index in [0.717, 1.165) is 11.1 Å². The Morgan fingerprint density at radius 2 is 1.77 bits per heavy atom. The number of carbonyl (C=O) groups excluding carboxylic acids is 2. The summed E-state index contributed by atoms with van der Waals surface area (Å²) in [5.41, 5.74) is 1.87. The molecule has 0 bridgehead atoms. The van der Waals surface area contributed by atoms with Crippen LogP contribution in [0.15, 0.2) is 42.5 Å². The van der Waals surface area contributed by atoms with E-state index in [1.165, 1.54) is 11.8 Å². The first-order chi connectivity index (χ1) is 14.7. The summed E-state index contributed by atoms with van der Waals surface area (Å²) in [6.07, 6.45) is 0.505. The molecule has 0 unspecified atom stereocenters. The highest BCUT2D eigenvalue weighted by molar-refractivity contribution is 7.99. The van der Waals surface area contributed by atoms with Gasteiger partial charge in [0.25, 0.3) is 0 Å². The normalized spacial score (nSPS) is 12.0. The second-order valence-electron chi connectivity index (χ2n) is 7.48. The summed E-state index contributed by atoms with van der Waals surface area (Å²) < 4.78 is 0. The zero-order chi connectivity index (χ0) is 23.0. The van der Waals surface area contributed by atoms with Gasteiger partial charge in [-0.15, -0.1) is 11.8 Å². The number of amides is 2. The summed E-state index contributed by atoms with van der Waals surface area (Å²) >= 11 is 19.7. The zero-order valence-corrected chi connectivity index (χ0v) is 20.9. The molecule has 0 aromatic heterocycles. The van der Waals surface area contributed by atoms with Crippen LogP contribution < -0.4 is 5.32 Å². The Morgan fingerprint density at radius 1 is 1.03 bits per heavy atom. The van der Waals surface area contributed by atoms with E-state index in [0.29, 0.717) is 27.2 Å². The first kappa shape index (κ1) is 25.9. The van der Waals surface area contributed by atoms with Gasteiger partial charge < -0.3 is 10.2 Å². The van der Waals surface area contributed by atoms with Gasteiger partial charge in [0.15, 0.2) is 0 Å². The molecule has 31 heavy (non-hydrogen) atoms. The minimum absolute atomic E-state index is 0.0133. The predicted molar refractivity (Wildman–Crippen MR) is 132 cm³/mol. The molecule has 1 N–H and O–H groups in total. The SMILES string of the molecule is CC[C@H](C(=O)NC(C)C)N(Cc1ccc(Cl)c(Cl)c1)C(=O)CSCc1cccc(Cl)c1. The van der Waals surface area contributed by atoms with Gasteiger partial charge >= 0.3 is 0 Å². The van der Waals surface area contributed by atoms with Crippen molar-refractivity contribution in [2.75, 3.05) is 5.75 Å². The fourth-order valence-corrected chi connectivity index (χ4v) is 4.49. The van der Waals surface area contributed by atoms with Crippen molar-refractivity contribution in [1.82, 2.24) is 10.2 Å². The van der Waals surface area contributed by atoms with Crippen molar-refractivity contribution in [3.05, 3.63) is 68.7 Å². The molecule has 2 amide bonds. The van der Waals surface area contributed by atoms with Gasteiger partial charge in [-0.2, -0.15) is 0 Å². The number of rotatable bonds is 10. The maximum Gasteiger partial charge on any atom is 0.243 e. The van der Waals surface area contributed by atoms with Crippen LogP contribution in [0, 0.1) is 0 Å². The van der Waals surface area contributed by atoms with E-state index in [9.17, 15) is 9.59 Å². The van der Waals surface area contributed by atoms with E-state index in [1.54, 1.807) is 17.0 Å². The van der Waals surface area contributed by atoms with E-state index in [2.05, 4.69) is 5.32 Å². The number of carbonyl (C=O) groups is 2. The number of benzene rings is 2. The lowest BCUT2D eigenvalue weighted by Gasteiger charge is -2.31. The molecule has 8 heteroatoms. The minimum atomic E-state index is -0.573. The van der Waals surface area contributed by atoms with Gasteiger partial charge in [-0.3, -0.25) is 9.59 Å². The second-order valence-corrected chi connectivity index (χ2v) is 9.72. The molecule has 168 valence electrons. The molecule has 1 atom stereocenters. The lowest BCUT2D eigenvalue weighted by Crippen LogP contribution is -2.50. The topological polar surface area (TPSA) is 49.4 Å². The second kappa shape index (κ2) is 12.6. The van der Waals surface area contributed by atoms with Crippen LogP contribution in [-0.4, -0.2) is 34.6 Å². The van der Waals surface area contributed by atoms with E-state index >= 15 is 0 Å². The number of halogens is 3. The van der Waals surface area contributed by atoms with Crippen molar-refractivity contribution in [1.29, 1.82) is 0 Å². The van der Waals surface area contributed by atoms with Crippen molar-refractivity contribution < 1.29 is 9.59 Å². The smallest absolute Gasteiger partial charge is 0.243 e. The Labute approximate surface area is 203 Å². The summed E-state index contributed by atoms with van der Waals surface area (Å²) in [4.78, 5) is 27.6. The molecule has 0 aliphatic rings. The lowest BCUT2D eigenvalue weighted by molar-refractivity contribution is -0.139. The van der Waals surface area contributed by atoms with Crippen LogP contribution in [-0.2, 0) is 21.9 Å². The summed E-state index contributed by atoms with van der Waals surface area (Å²) in [6.45, 7) is 5.98. The standard InChI is InChI=1S/C23H27Cl3N2O2S/c1-4-21(23(30)27-15(2)3)28(12-16-8-9-19(25)20(26)11-16)22(29)14-31-13-17-6-5-7-18(24)10-17/h5-11,15,21H,4,12-14H2,1-3H3,(H,27,30)/t21-/m1/s1. The van der Waals surface area contributed by atoms with Gasteiger partial charge in [0.05, 0.1) is 15.8 Å². The Hall–Kier alpha value is -1.40. The third kappa shape index (κ3) is 8.23. The summed E-state index contributed by atoms with van der Waals surface area (Å²) in [5.74, 6) is 0.635. The largest absolute Gasteiger partial charge is 0.352 e. The number of nitrogens with zero attached hydrogens (tertiary/aromatic N) is 1. The van der Waals surface area contributed by atoms with Crippen LogP contribution in [0.25, 0.3) is 0 Å². The van der Waals surface area contributed by atoms with Crippen LogP contribution >= 0.6 is 46.6 Å². The molecule has 2 rings (SSSR count). The van der Waals surface area contributed by atoms with Crippen molar-refractivity contribution in [3.8, 4) is 0 Å². The fourth-order valence-electron chi connectivity index (χ4n) is 3.10. The molecule has 0 saturated heterocycles. The maximum absolute atomic E-state index is 13.2. The predicted octanol–water partition coefficient (Wildman–Crippen LogP) is 6.21. The molecule has 2 aromatic rings. The van der Waals surface area contributed by atoms with Gasteiger partial charge in [0, 0.05) is 23.4 Å². The molecule has 0 radical (unpaired) electrons. The number of hydrogen-bond acceptors (Lipinski definition) is 3. The molecule has 0 spiro atoms. The van der Waals surface area contributed by atoms with E-state index < -0.39 is 6.04 Å². The van der Waals surface area contributed by atoms with Gasteiger partial charge in [-0.25, -0.2) is 0 Å². The molecule has 2 aromatic carbocycles. The van der Waals surface area contributed by atoms with Crippen molar-refractivity contribution in [2.24, 2.45) is 0 Å². The van der Waals surface area contributed by atoms with Gasteiger partial charge in [0.2, 0.25) is 11.8 Å². The van der Waals surface area contributed by atoms with E-state index in [4.69, 9.17) is 34.8 Å². The van der Waals surface area contributed by atoms with Crippen molar-refractivity contribution >= 4 is 58.4 Å². The highest BCUT2D eigenvalue weighted by atomic mass is 35.5. The first-order valence-corrected chi connectivity index (χ1v) is 12.4. The Bertz CT molecular complexity index is 908. The number of nitrogens with one attached hydrogen (secondary N) is 1. The van der Waals surface area contributed by atoms with Gasteiger partial charge in [0.1, 0.15) is 6.04 Å². The zero-order valence-electron chi connectivity index (χ0n) is 17.8. The molecular weight excluding hydrogens is 475 g/mol. The molecular formula is C23H27Cl3N2O2S. The summed E-state index contributed by atoms with van der Waals surface area (Å²) in [7, 11) is 0. The monoisotopic (exact) mass is 500 g/mol. The molecule has 0 aliphatic carbocycles. The maximum atomic E-state index is 13.2. The number of thioether (sulfide) groups is 1. The number of hydrogen-bond donors (Lipinski definition) is 1. The summed E-state index contributed by atoms with van der Waals surface area (Å²) in [5, 5.41) is 4.46. The minimum Gasteiger partial charge on any atom is -0.352 e. The Kier molecular flexibility index (Phi) is 10.5. The molecule has 0 saturated carbocycles. The first-order valence-electron chi connectivity index (χ1n) is 10.1. The van der Waals surface area contributed by atoms with Crippen LogP contribution in [0.1, 0.15) is 38.3 Å². The van der Waals surface area contributed by atoms with E-state index in [-0.39, 0.29) is 30.2 Å². The molecule has 4 nitrogen and oxygen atoms in total. The Balaban J connectivity index is 2.16. The summed E-state index contributed by atoms with van der Waals surface area (Å²) in [6, 6.07) is 12.2. The highest BCUT2D eigenvalue weighted by Gasteiger charge is 2.29. The molecule has 0 aliphatic heterocycles. The van der Waals surface area contributed by atoms with Crippen LogP contribution in [0.4, 0.5) is 0 Å². The average Bonchev–Trinajstić information content (AvgIpc) is 2.70. The highest BCUT2D eigenvalue weighted by Crippen LogP contribution is 2.25. The third-order valence-electron chi connectivity index (χ3n) is 4.54. The molecule has 0 fully saturated rings. The van der Waals surface area contributed by atoms with Crippen molar-refractivity contribution in [3.63, 3.8) is 0 Å². The van der Waals surface area contributed by atoms with Crippen LogP contribution in [0.3, 0.4) is 0 Å². The Morgan fingerprint density at radius 3 is 2.39 bits per heavy atom. The lowest BCUT2D eigenvalue weighted by atomic mass is 10.1. The third-order valence-corrected chi connectivity index (χ3v) is 6.50. The van der Waals surface area contributed by atoms with Gasteiger partial charge in [-0.1, -0.05) is 59.9 Å².